The summed E-state index contributed by atoms with van der Waals surface area (Å²) in [5.74, 6) is 1.66. The molecule has 0 unspecified atom stereocenters. The van der Waals surface area contributed by atoms with Gasteiger partial charge >= 0.3 is 6.09 Å². The fraction of sp³-hybridized carbons (Fsp3) is 0.933. The Kier molecular flexibility index (Phi) is 5.73. The lowest BCUT2D eigenvalue weighted by Gasteiger charge is -2.45. The van der Waals surface area contributed by atoms with Crippen LogP contribution in [-0.4, -0.2) is 58.0 Å². The summed E-state index contributed by atoms with van der Waals surface area (Å²) in [6, 6.07) is 0.674. The molecule has 1 saturated carbocycles. The van der Waals surface area contributed by atoms with Gasteiger partial charge in [-0.15, -0.1) is 0 Å². The van der Waals surface area contributed by atoms with E-state index in [-0.39, 0.29) is 0 Å². The minimum absolute atomic E-state index is 0.337. The van der Waals surface area contributed by atoms with Crippen LogP contribution in [0.15, 0.2) is 0 Å². The Hall–Kier alpha value is -0.290. The highest BCUT2D eigenvalue weighted by molar-refractivity contribution is 9.09. The van der Waals surface area contributed by atoms with Crippen molar-refractivity contribution in [2.24, 2.45) is 11.8 Å². The zero-order chi connectivity index (χ0) is 14.7. The van der Waals surface area contributed by atoms with Gasteiger partial charge in [-0.1, -0.05) is 15.9 Å². The van der Waals surface area contributed by atoms with Crippen molar-refractivity contribution in [3.05, 3.63) is 0 Å². The predicted octanol–water partition coefficient (Wildman–Crippen LogP) is 3.26. The summed E-state index contributed by atoms with van der Waals surface area (Å²) in [6.45, 7) is 6.77. The Bertz CT molecular complexity index is 320. The van der Waals surface area contributed by atoms with E-state index in [1.165, 1.54) is 25.7 Å². The van der Waals surface area contributed by atoms with Gasteiger partial charge in [-0.05, 0) is 51.4 Å². The second-order valence-corrected chi connectivity index (χ2v) is 7.27. The Balaban J connectivity index is 1.85. The van der Waals surface area contributed by atoms with Crippen molar-refractivity contribution in [3.63, 3.8) is 0 Å². The first-order chi connectivity index (χ1) is 9.51. The van der Waals surface area contributed by atoms with Crippen LogP contribution in [0.25, 0.3) is 0 Å². The van der Waals surface area contributed by atoms with Crippen molar-refractivity contribution >= 4 is 22.0 Å². The number of nitrogens with zero attached hydrogens (tertiary/aromatic N) is 2. The van der Waals surface area contributed by atoms with E-state index in [4.69, 9.17) is 5.11 Å². The largest absolute Gasteiger partial charge is 0.465 e. The highest BCUT2D eigenvalue weighted by atomic mass is 79.9. The van der Waals surface area contributed by atoms with Gasteiger partial charge in [0.2, 0.25) is 0 Å². The molecule has 0 spiro atoms. The number of carbonyl (C=O) groups is 1. The minimum atomic E-state index is -0.777. The van der Waals surface area contributed by atoms with Gasteiger partial charge in [0, 0.05) is 37.0 Å². The molecule has 2 rings (SSSR count). The van der Waals surface area contributed by atoms with Gasteiger partial charge in [0.15, 0.2) is 0 Å². The Morgan fingerprint density at radius 2 is 1.60 bits per heavy atom. The molecule has 4 nitrogen and oxygen atoms in total. The van der Waals surface area contributed by atoms with Gasteiger partial charge in [-0.25, -0.2) is 4.79 Å². The van der Waals surface area contributed by atoms with E-state index in [0.717, 1.165) is 23.7 Å². The Morgan fingerprint density at radius 1 is 1.10 bits per heavy atom. The summed E-state index contributed by atoms with van der Waals surface area (Å²) < 4.78 is 0. The average molecular weight is 347 g/mol. The van der Waals surface area contributed by atoms with E-state index in [1.54, 1.807) is 4.90 Å². The lowest BCUT2D eigenvalue weighted by atomic mass is 9.82. The van der Waals surface area contributed by atoms with Crippen molar-refractivity contribution in [1.82, 2.24) is 9.80 Å². The summed E-state index contributed by atoms with van der Waals surface area (Å²) in [5.41, 5.74) is 0. The molecule has 0 radical (unpaired) electrons. The fourth-order valence-corrected chi connectivity index (χ4v) is 4.39. The van der Waals surface area contributed by atoms with Crippen LogP contribution in [0.5, 0.6) is 0 Å². The van der Waals surface area contributed by atoms with Crippen molar-refractivity contribution in [3.8, 4) is 0 Å². The maximum absolute atomic E-state index is 11.1. The van der Waals surface area contributed by atoms with E-state index >= 15 is 0 Å². The van der Waals surface area contributed by atoms with Gasteiger partial charge in [0.25, 0.3) is 0 Å². The smallest absolute Gasteiger partial charge is 0.407 e. The van der Waals surface area contributed by atoms with Crippen molar-refractivity contribution in [2.75, 3.05) is 25.0 Å². The van der Waals surface area contributed by atoms with Crippen LogP contribution in [-0.2, 0) is 0 Å². The van der Waals surface area contributed by atoms with Gasteiger partial charge < -0.3 is 10.0 Å². The molecule has 116 valence electrons. The molecule has 1 aliphatic carbocycles. The van der Waals surface area contributed by atoms with E-state index < -0.39 is 6.09 Å². The van der Waals surface area contributed by atoms with Gasteiger partial charge in [0.1, 0.15) is 0 Å². The molecule has 1 N–H and O–H groups in total. The molecule has 0 aromatic carbocycles. The zero-order valence-electron chi connectivity index (χ0n) is 12.6. The summed E-state index contributed by atoms with van der Waals surface area (Å²) in [6.07, 6.45) is 4.56. The lowest BCUT2D eigenvalue weighted by Crippen LogP contribution is -2.58. The highest BCUT2D eigenvalue weighted by Crippen LogP contribution is 2.31. The third-order valence-electron chi connectivity index (χ3n) is 5.03. The molecule has 2 fully saturated rings. The quantitative estimate of drug-likeness (QED) is 0.797. The number of piperazine rings is 1. The van der Waals surface area contributed by atoms with Gasteiger partial charge in [-0.3, -0.25) is 4.90 Å². The number of hydrogen-bond acceptors (Lipinski definition) is 2. The van der Waals surface area contributed by atoms with Crippen molar-refractivity contribution < 1.29 is 9.90 Å². The minimum Gasteiger partial charge on any atom is -0.465 e. The zero-order valence-corrected chi connectivity index (χ0v) is 14.2. The number of amides is 1. The first-order valence-corrected chi connectivity index (χ1v) is 8.93. The summed E-state index contributed by atoms with van der Waals surface area (Å²) in [5, 5.41) is 10.3. The summed E-state index contributed by atoms with van der Waals surface area (Å²) in [7, 11) is 0. The van der Waals surface area contributed by atoms with Crippen molar-refractivity contribution in [2.45, 2.75) is 51.6 Å². The molecule has 5 heteroatoms. The van der Waals surface area contributed by atoms with Crippen LogP contribution in [0.1, 0.15) is 39.5 Å². The van der Waals surface area contributed by atoms with Crippen LogP contribution in [0.4, 0.5) is 4.79 Å². The molecule has 20 heavy (non-hydrogen) atoms. The van der Waals surface area contributed by atoms with Crippen LogP contribution < -0.4 is 0 Å². The molecule has 0 aromatic rings. The molecule has 1 amide bonds. The Labute approximate surface area is 130 Å². The molecule has 1 aliphatic heterocycles. The first-order valence-electron chi connectivity index (χ1n) is 7.80. The number of carboxylic acid groups (broad SMARTS) is 1. The van der Waals surface area contributed by atoms with Crippen molar-refractivity contribution in [1.29, 1.82) is 0 Å². The van der Waals surface area contributed by atoms with E-state index in [2.05, 4.69) is 34.7 Å². The molecular formula is C15H27BrN2O2. The maximum Gasteiger partial charge on any atom is 0.407 e. The molecule has 0 bridgehead atoms. The van der Waals surface area contributed by atoms with Gasteiger partial charge in [0.05, 0.1) is 0 Å². The standard InChI is InChI=1S/C15H27BrN2O2/c1-11-8-17(15(19)20)9-12(2)18(11)10-14-5-3-13(7-16)4-6-14/h11-14H,3-10H2,1-2H3,(H,19,20)/t11-,12+,13?,14?. The predicted molar refractivity (Wildman–Crippen MR) is 84.5 cm³/mol. The van der Waals surface area contributed by atoms with Crippen LogP contribution in [0.3, 0.4) is 0 Å². The molecular weight excluding hydrogens is 320 g/mol. The molecule has 2 atom stereocenters. The highest BCUT2D eigenvalue weighted by Gasteiger charge is 2.33. The molecule has 0 aromatic heterocycles. The summed E-state index contributed by atoms with van der Waals surface area (Å²) in [4.78, 5) is 15.2. The third-order valence-corrected chi connectivity index (χ3v) is 5.94. The van der Waals surface area contributed by atoms with Gasteiger partial charge in [-0.2, -0.15) is 0 Å². The Morgan fingerprint density at radius 3 is 2.05 bits per heavy atom. The van der Waals surface area contributed by atoms with E-state index in [1.807, 2.05) is 0 Å². The SMILES string of the molecule is C[C@@H]1CN(C(=O)O)C[C@H](C)N1CC1CCC(CBr)CC1. The number of hydrogen-bond donors (Lipinski definition) is 1. The molecule has 1 saturated heterocycles. The van der Waals surface area contributed by atoms with E-state index in [0.29, 0.717) is 25.2 Å². The van der Waals surface area contributed by atoms with E-state index in [9.17, 15) is 4.79 Å². The van der Waals surface area contributed by atoms with Crippen LogP contribution in [0.2, 0.25) is 0 Å². The summed E-state index contributed by atoms with van der Waals surface area (Å²) >= 11 is 3.60. The topological polar surface area (TPSA) is 43.8 Å². The van der Waals surface area contributed by atoms with Crippen LogP contribution in [0, 0.1) is 11.8 Å². The fourth-order valence-electron chi connectivity index (χ4n) is 3.74. The molecule has 2 aliphatic rings. The number of halogens is 1. The lowest BCUT2D eigenvalue weighted by molar-refractivity contribution is 0.0247. The average Bonchev–Trinajstić information content (AvgIpc) is 2.43. The van der Waals surface area contributed by atoms with Crippen LogP contribution >= 0.6 is 15.9 Å². The number of alkyl halides is 1. The first kappa shape index (κ1) is 16.1. The third kappa shape index (κ3) is 3.88. The maximum atomic E-state index is 11.1. The monoisotopic (exact) mass is 346 g/mol. The normalized spacial score (nSPS) is 36.0. The second kappa shape index (κ2) is 7.12. The number of rotatable bonds is 3. The molecule has 1 heterocycles. The second-order valence-electron chi connectivity index (χ2n) is 6.62.